The molecule has 0 unspecified atom stereocenters. The molecule has 0 saturated heterocycles. The first-order valence-electron chi connectivity index (χ1n) is 12.8. The van der Waals surface area contributed by atoms with Crippen molar-refractivity contribution in [1.82, 2.24) is 29.4 Å². The first-order valence-corrected chi connectivity index (χ1v) is 12.8. The molecule has 2 N–H and O–H groups in total. The molecule has 186 valence electrons. The molecule has 1 fully saturated rings. The number of carbonyl (C=O) groups excluding carboxylic acids is 1. The molecule has 0 spiro atoms. The fourth-order valence-electron chi connectivity index (χ4n) is 5.65. The van der Waals surface area contributed by atoms with E-state index in [1.807, 2.05) is 36.8 Å². The van der Waals surface area contributed by atoms with Crippen molar-refractivity contribution in [3.8, 4) is 0 Å². The van der Waals surface area contributed by atoms with Crippen LogP contribution in [-0.2, 0) is 17.8 Å². The van der Waals surface area contributed by atoms with Crippen LogP contribution in [0.4, 0.5) is 11.8 Å². The lowest BCUT2D eigenvalue weighted by Crippen LogP contribution is -2.41. The monoisotopic (exact) mass is 485 g/mol. The maximum absolute atomic E-state index is 12.2. The molecule has 9 nitrogen and oxygen atoms in total. The molecule has 1 aliphatic heterocycles. The molecule has 1 atom stereocenters. The van der Waals surface area contributed by atoms with Crippen LogP contribution in [0.3, 0.4) is 0 Å². The highest BCUT2D eigenvalue weighted by Crippen LogP contribution is 2.38. The molecular formula is C27H31N7O2. The Hall–Kier alpha value is -3.59. The summed E-state index contributed by atoms with van der Waals surface area (Å²) in [4.78, 5) is 32.6. The van der Waals surface area contributed by atoms with Gasteiger partial charge < -0.3 is 19.9 Å². The first-order chi connectivity index (χ1) is 17.5. The normalized spacial score (nSPS) is 20.9. The second-order valence-corrected chi connectivity index (χ2v) is 10.2. The lowest BCUT2D eigenvalue weighted by molar-refractivity contribution is -0.140. The van der Waals surface area contributed by atoms with E-state index in [0.717, 1.165) is 52.0 Å². The summed E-state index contributed by atoms with van der Waals surface area (Å²) >= 11 is 0. The second kappa shape index (κ2) is 9.13. The van der Waals surface area contributed by atoms with Crippen LogP contribution < -0.4 is 5.32 Å². The highest BCUT2D eigenvalue weighted by Gasteiger charge is 2.26. The maximum Gasteiger partial charge on any atom is 0.251 e. The van der Waals surface area contributed by atoms with E-state index >= 15 is 0 Å². The van der Waals surface area contributed by atoms with Crippen molar-refractivity contribution in [1.29, 1.82) is 0 Å². The van der Waals surface area contributed by atoms with E-state index in [1.165, 1.54) is 19.8 Å². The van der Waals surface area contributed by atoms with Gasteiger partial charge in [-0.15, -0.1) is 0 Å². The average Bonchev–Trinajstić information content (AvgIpc) is 3.22. The summed E-state index contributed by atoms with van der Waals surface area (Å²) in [6, 6.07) is 6.33. The van der Waals surface area contributed by atoms with Gasteiger partial charge in [0.1, 0.15) is 17.6 Å². The number of carbonyl (C=O) groups is 1. The Balaban J connectivity index is 1.31. The van der Waals surface area contributed by atoms with Gasteiger partial charge in [-0.25, -0.2) is 9.97 Å². The minimum atomic E-state index is -0.990. The molecule has 1 aliphatic carbocycles. The van der Waals surface area contributed by atoms with Gasteiger partial charge in [0.05, 0.1) is 11.7 Å². The number of pyridine rings is 2. The first kappa shape index (κ1) is 22.8. The summed E-state index contributed by atoms with van der Waals surface area (Å²) in [6.07, 6.45) is 10.1. The van der Waals surface area contributed by atoms with Crippen LogP contribution in [0.5, 0.6) is 0 Å². The van der Waals surface area contributed by atoms with Crippen molar-refractivity contribution >= 4 is 39.6 Å². The van der Waals surface area contributed by atoms with E-state index in [9.17, 15) is 9.90 Å². The summed E-state index contributed by atoms with van der Waals surface area (Å²) in [7, 11) is 0. The van der Waals surface area contributed by atoms with Gasteiger partial charge in [0, 0.05) is 54.4 Å². The number of nitrogens with zero attached hydrogens (tertiary/aromatic N) is 6. The zero-order valence-electron chi connectivity index (χ0n) is 20.7. The molecule has 0 radical (unpaired) electrons. The van der Waals surface area contributed by atoms with E-state index in [0.29, 0.717) is 37.3 Å². The molecular weight excluding hydrogens is 454 g/mol. The van der Waals surface area contributed by atoms with Gasteiger partial charge in [-0.2, -0.15) is 4.98 Å². The van der Waals surface area contributed by atoms with Gasteiger partial charge >= 0.3 is 0 Å². The van der Waals surface area contributed by atoms with Gasteiger partial charge in [0.15, 0.2) is 0 Å². The van der Waals surface area contributed by atoms with Crippen LogP contribution in [0.1, 0.15) is 56.8 Å². The van der Waals surface area contributed by atoms with Crippen LogP contribution in [0, 0.1) is 5.92 Å². The van der Waals surface area contributed by atoms with Crippen LogP contribution in [0.25, 0.3) is 21.9 Å². The van der Waals surface area contributed by atoms with Crippen molar-refractivity contribution in [2.45, 2.75) is 64.6 Å². The molecule has 1 amide bonds. The number of amides is 1. The standard InChI is InChI=1S/C27H31N7O2/c1-16-3-6-19(7-4-16)34-23-14-28-11-9-20(23)21-13-29-27(32-25(21)34)31-24-8-5-18-15-33(26(36)17(2)35)12-10-22(18)30-24/h5,8-9,11,13-14,16-17,19,35H,3-4,6-7,10,12,15H2,1-2H3,(H,29,30,31,32)/t16?,17-,19?/m1/s1. The number of hydrogen-bond donors (Lipinski definition) is 2. The molecule has 1 saturated carbocycles. The molecule has 4 aromatic rings. The van der Waals surface area contributed by atoms with Gasteiger partial charge in [-0.05, 0) is 56.2 Å². The summed E-state index contributed by atoms with van der Waals surface area (Å²) in [5, 5.41) is 15.1. The van der Waals surface area contributed by atoms with E-state index in [-0.39, 0.29) is 5.91 Å². The zero-order chi connectivity index (χ0) is 24.8. The number of aromatic nitrogens is 5. The summed E-state index contributed by atoms with van der Waals surface area (Å²) in [5.41, 5.74) is 3.99. The van der Waals surface area contributed by atoms with Gasteiger partial charge in [0.2, 0.25) is 5.95 Å². The quantitative estimate of drug-likeness (QED) is 0.447. The van der Waals surface area contributed by atoms with Crippen LogP contribution >= 0.6 is 0 Å². The molecule has 5 heterocycles. The van der Waals surface area contributed by atoms with Crippen LogP contribution in [0.2, 0.25) is 0 Å². The van der Waals surface area contributed by atoms with Crippen molar-refractivity contribution in [3.63, 3.8) is 0 Å². The predicted octanol–water partition coefficient (Wildman–Crippen LogP) is 4.13. The van der Waals surface area contributed by atoms with Crippen molar-refractivity contribution in [2.75, 3.05) is 11.9 Å². The number of nitrogens with one attached hydrogen (secondary N) is 1. The minimum absolute atomic E-state index is 0.248. The fraction of sp³-hybridized carbons (Fsp3) is 0.444. The third-order valence-electron chi connectivity index (χ3n) is 7.65. The molecule has 6 rings (SSSR count). The zero-order valence-corrected chi connectivity index (χ0v) is 20.7. The average molecular weight is 486 g/mol. The minimum Gasteiger partial charge on any atom is -0.384 e. The van der Waals surface area contributed by atoms with Gasteiger partial charge in [0.25, 0.3) is 5.91 Å². The number of anilines is 2. The Labute approximate surface area is 209 Å². The summed E-state index contributed by atoms with van der Waals surface area (Å²) in [5.74, 6) is 1.71. The Morgan fingerprint density at radius 1 is 1.11 bits per heavy atom. The lowest BCUT2D eigenvalue weighted by Gasteiger charge is -2.29. The van der Waals surface area contributed by atoms with Crippen LogP contribution in [0.15, 0.2) is 36.8 Å². The van der Waals surface area contributed by atoms with E-state index in [1.54, 1.807) is 4.90 Å². The van der Waals surface area contributed by atoms with Gasteiger partial charge in [-0.3, -0.25) is 9.78 Å². The Morgan fingerprint density at radius 3 is 2.75 bits per heavy atom. The molecule has 9 heteroatoms. The third kappa shape index (κ3) is 4.07. The molecule has 36 heavy (non-hydrogen) atoms. The molecule has 0 aromatic carbocycles. The highest BCUT2D eigenvalue weighted by atomic mass is 16.3. The molecule has 2 aliphatic rings. The van der Waals surface area contributed by atoms with Crippen molar-refractivity contribution < 1.29 is 9.90 Å². The fourth-order valence-corrected chi connectivity index (χ4v) is 5.65. The Bertz CT molecular complexity index is 1440. The van der Waals surface area contributed by atoms with Gasteiger partial charge in [-0.1, -0.05) is 13.0 Å². The lowest BCUT2D eigenvalue weighted by atomic mass is 9.87. The SMILES string of the molecule is CC1CCC(n2c3cnccc3c3cnc(Nc4ccc5c(n4)CCN(C(=O)[C@@H](C)O)C5)nc32)CC1. The number of aliphatic hydroxyl groups is 1. The number of rotatable bonds is 4. The van der Waals surface area contributed by atoms with Crippen molar-refractivity contribution in [2.24, 2.45) is 5.92 Å². The second-order valence-electron chi connectivity index (χ2n) is 10.2. The summed E-state index contributed by atoms with van der Waals surface area (Å²) < 4.78 is 2.37. The number of aliphatic hydroxyl groups excluding tert-OH is 1. The van der Waals surface area contributed by atoms with E-state index < -0.39 is 6.10 Å². The Kier molecular flexibility index (Phi) is 5.79. The largest absolute Gasteiger partial charge is 0.384 e. The molecule has 4 aromatic heterocycles. The topological polar surface area (TPSA) is 109 Å². The number of fused-ring (bicyclic) bond motifs is 4. The van der Waals surface area contributed by atoms with E-state index in [4.69, 9.17) is 9.97 Å². The Morgan fingerprint density at radius 2 is 1.94 bits per heavy atom. The maximum atomic E-state index is 12.2. The predicted molar refractivity (Wildman–Crippen MR) is 138 cm³/mol. The third-order valence-corrected chi connectivity index (χ3v) is 7.65. The molecule has 0 bridgehead atoms. The number of hydrogen-bond acceptors (Lipinski definition) is 7. The highest BCUT2D eigenvalue weighted by molar-refractivity contribution is 6.06. The summed E-state index contributed by atoms with van der Waals surface area (Å²) in [6.45, 7) is 4.85. The van der Waals surface area contributed by atoms with E-state index in [2.05, 4.69) is 26.8 Å². The smallest absolute Gasteiger partial charge is 0.251 e. The van der Waals surface area contributed by atoms with Crippen LogP contribution in [-0.4, -0.2) is 53.1 Å². The van der Waals surface area contributed by atoms with Crippen molar-refractivity contribution in [3.05, 3.63) is 48.0 Å².